The summed E-state index contributed by atoms with van der Waals surface area (Å²) >= 11 is 3.25. The van der Waals surface area contributed by atoms with Gasteiger partial charge in [-0.15, -0.1) is 0 Å². The lowest BCUT2D eigenvalue weighted by Crippen LogP contribution is -2.00. The molecule has 0 amide bonds. The summed E-state index contributed by atoms with van der Waals surface area (Å²) in [7, 11) is 0. The van der Waals surface area contributed by atoms with Crippen molar-refractivity contribution in [3.63, 3.8) is 0 Å². The summed E-state index contributed by atoms with van der Waals surface area (Å²) in [5, 5.41) is 10.1. The van der Waals surface area contributed by atoms with Gasteiger partial charge >= 0.3 is 0 Å². The van der Waals surface area contributed by atoms with E-state index < -0.39 is 0 Å². The Morgan fingerprint density at radius 2 is 2.08 bits per heavy atom. The zero-order chi connectivity index (χ0) is 9.14. The molecule has 0 radical (unpaired) electrons. The molecule has 66 valence electrons. The molecule has 1 aromatic rings. The SMILES string of the molecule is Cc1ccc(C(O)CBr)c(C)c1. The van der Waals surface area contributed by atoms with Crippen molar-refractivity contribution >= 4 is 15.9 Å². The van der Waals surface area contributed by atoms with Crippen molar-refractivity contribution in [1.82, 2.24) is 0 Å². The highest BCUT2D eigenvalue weighted by atomic mass is 79.9. The number of aryl methyl sites for hydroxylation is 2. The molecule has 0 saturated heterocycles. The summed E-state index contributed by atoms with van der Waals surface area (Å²) in [6.07, 6.45) is -0.384. The van der Waals surface area contributed by atoms with E-state index in [2.05, 4.69) is 28.9 Å². The normalized spacial score (nSPS) is 13.0. The van der Waals surface area contributed by atoms with Gasteiger partial charge in [0.05, 0.1) is 6.10 Å². The van der Waals surface area contributed by atoms with E-state index in [0.29, 0.717) is 5.33 Å². The highest BCUT2D eigenvalue weighted by molar-refractivity contribution is 9.09. The van der Waals surface area contributed by atoms with E-state index in [1.807, 2.05) is 19.1 Å². The second kappa shape index (κ2) is 4.06. The molecule has 0 aromatic heterocycles. The minimum Gasteiger partial charge on any atom is -0.388 e. The van der Waals surface area contributed by atoms with Gasteiger partial charge in [0.15, 0.2) is 0 Å². The molecule has 1 aromatic carbocycles. The third kappa shape index (κ3) is 2.08. The fraction of sp³-hybridized carbons (Fsp3) is 0.400. The minimum absolute atomic E-state index is 0.384. The highest BCUT2D eigenvalue weighted by Crippen LogP contribution is 2.19. The molecular weight excluding hydrogens is 216 g/mol. The van der Waals surface area contributed by atoms with Crippen LogP contribution in [0.15, 0.2) is 18.2 Å². The van der Waals surface area contributed by atoms with Crippen molar-refractivity contribution in [3.8, 4) is 0 Å². The van der Waals surface area contributed by atoms with E-state index >= 15 is 0 Å². The largest absolute Gasteiger partial charge is 0.388 e. The van der Waals surface area contributed by atoms with Gasteiger partial charge in [0.2, 0.25) is 0 Å². The lowest BCUT2D eigenvalue weighted by Gasteiger charge is -2.10. The Morgan fingerprint density at radius 1 is 1.42 bits per heavy atom. The van der Waals surface area contributed by atoms with Crippen molar-refractivity contribution in [2.75, 3.05) is 5.33 Å². The van der Waals surface area contributed by atoms with Crippen LogP contribution in [0, 0.1) is 13.8 Å². The van der Waals surface area contributed by atoms with E-state index in [-0.39, 0.29) is 6.10 Å². The maximum Gasteiger partial charge on any atom is 0.0889 e. The zero-order valence-electron chi connectivity index (χ0n) is 7.34. The van der Waals surface area contributed by atoms with Crippen LogP contribution in [-0.2, 0) is 0 Å². The maximum absolute atomic E-state index is 9.55. The molecule has 0 aliphatic carbocycles. The third-order valence-electron chi connectivity index (χ3n) is 1.93. The average molecular weight is 229 g/mol. The molecule has 0 bridgehead atoms. The Balaban J connectivity index is 3.01. The molecule has 1 rings (SSSR count). The van der Waals surface area contributed by atoms with Crippen LogP contribution in [0.4, 0.5) is 0 Å². The molecule has 0 saturated carbocycles. The molecule has 0 spiro atoms. The van der Waals surface area contributed by atoms with Crippen LogP contribution in [0.25, 0.3) is 0 Å². The van der Waals surface area contributed by atoms with Crippen LogP contribution in [0.2, 0.25) is 0 Å². The number of hydrogen-bond acceptors (Lipinski definition) is 1. The first kappa shape index (κ1) is 9.75. The van der Waals surface area contributed by atoms with Crippen molar-refractivity contribution < 1.29 is 5.11 Å². The van der Waals surface area contributed by atoms with E-state index in [9.17, 15) is 5.11 Å². The van der Waals surface area contributed by atoms with Gasteiger partial charge in [-0.2, -0.15) is 0 Å². The van der Waals surface area contributed by atoms with Crippen molar-refractivity contribution in [1.29, 1.82) is 0 Å². The predicted octanol–water partition coefficient (Wildman–Crippen LogP) is 2.73. The summed E-state index contributed by atoms with van der Waals surface area (Å²) in [4.78, 5) is 0. The summed E-state index contributed by atoms with van der Waals surface area (Å²) in [5.41, 5.74) is 3.40. The smallest absolute Gasteiger partial charge is 0.0889 e. The van der Waals surface area contributed by atoms with Crippen LogP contribution in [0.3, 0.4) is 0 Å². The monoisotopic (exact) mass is 228 g/mol. The van der Waals surface area contributed by atoms with Gasteiger partial charge in [0.1, 0.15) is 0 Å². The van der Waals surface area contributed by atoms with Gasteiger partial charge < -0.3 is 5.11 Å². The summed E-state index contributed by atoms with van der Waals surface area (Å²) < 4.78 is 0. The van der Waals surface area contributed by atoms with Crippen molar-refractivity contribution in [3.05, 3.63) is 34.9 Å². The molecule has 2 heteroatoms. The Morgan fingerprint density at radius 3 is 2.58 bits per heavy atom. The Bertz CT molecular complexity index is 271. The van der Waals surface area contributed by atoms with Crippen LogP contribution < -0.4 is 0 Å². The first-order valence-electron chi connectivity index (χ1n) is 3.96. The van der Waals surface area contributed by atoms with Crippen LogP contribution in [0.1, 0.15) is 22.8 Å². The van der Waals surface area contributed by atoms with Gasteiger partial charge in [-0.25, -0.2) is 0 Å². The Labute approximate surface area is 81.6 Å². The fourth-order valence-electron chi connectivity index (χ4n) is 1.28. The number of hydrogen-bond donors (Lipinski definition) is 1. The number of rotatable bonds is 2. The lowest BCUT2D eigenvalue weighted by atomic mass is 10.0. The second-order valence-corrected chi connectivity index (χ2v) is 3.68. The van der Waals surface area contributed by atoms with Crippen LogP contribution >= 0.6 is 15.9 Å². The van der Waals surface area contributed by atoms with Crippen LogP contribution in [0.5, 0.6) is 0 Å². The highest BCUT2D eigenvalue weighted by Gasteiger charge is 2.07. The topological polar surface area (TPSA) is 20.2 Å². The predicted molar refractivity (Wildman–Crippen MR) is 54.7 cm³/mol. The summed E-state index contributed by atoms with van der Waals surface area (Å²) in [6, 6.07) is 6.09. The van der Waals surface area contributed by atoms with Crippen molar-refractivity contribution in [2.24, 2.45) is 0 Å². The maximum atomic E-state index is 9.55. The number of benzene rings is 1. The van der Waals surface area contributed by atoms with Gasteiger partial charge in [-0.1, -0.05) is 39.7 Å². The Hall–Kier alpha value is -0.340. The number of alkyl halides is 1. The fourth-order valence-corrected chi connectivity index (χ4v) is 1.63. The first-order valence-corrected chi connectivity index (χ1v) is 5.08. The molecule has 0 fully saturated rings. The van der Waals surface area contributed by atoms with Crippen LogP contribution in [-0.4, -0.2) is 10.4 Å². The molecule has 12 heavy (non-hydrogen) atoms. The van der Waals surface area contributed by atoms with E-state index in [1.54, 1.807) is 0 Å². The molecule has 1 unspecified atom stereocenters. The quantitative estimate of drug-likeness (QED) is 0.773. The number of aliphatic hydroxyl groups excluding tert-OH is 1. The van der Waals surface area contributed by atoms with Gasteiger partial charge in [-0.05, 0) is 25.0 Å². The lowest BCUT2D eigenvalue weighted by molar-refractivity contribution is 0.204. The third-order valence-corrected chi connectivity index (χ3v) is 2.54. The standard InChI is InChI=1S/C10H13BrO/c1-7-3-4-9(8(2)5-7)10(12)6-11/h3-5,10,12H,6H2,1-2H3. The molecular formula is C10H13BrO. The Kier molecular flexibility index (Phi) is 3.29. The minimum atomic E-state index is -0.384. The zero-order valence-corrected chi connectivity index (χ0v) is 8.93. The van der Waals surface area contributed by atoms with Gasteiger partial charge in [0, 0.05) is 5.33 Å². The molecule has 1 nitrogen and oxygen atoms in total. The average Bonchev–Trinajstić information content (AvgIpc) is 2.03. The first-order chi connectivity index (χ1) is 5.65. The molecule has 0 heterocycles. The second-order valence-electron chi connectivity index (χ2n) is 3.03. The summed E-state index contributed by atoms with van der Waals surface area (Å²) in [6.45, 7) is 4.07. The number of aliphatic hydroxyl groups is 1. The van der Waals surface area contributed by atoms with Gasteiger partial charge in [0.25, 0.3) is 0 Å². The van der Waals surface area contributed by atoms with Gasteiger partial charge in [-0.3, -0.25) is 0 Å². The summed E-state index contributed by atoms with van der Waals surface area (Å²) in [5.74, 6) is 0. The van der Waals surface area contributed by atoms with E-state index in [1.165, 1.54) is 5.56 Å². The molecule has 1 N–H and O–H groups in total. The van der Waals surface area contributed by atoms with E-state index in [0.717, 1.165) is 11.1 Å². The van der Waals surface area contributed by atoms with E-state index in [4.69, 9.17) is 0 Å². The van der Waals surface area contributed by atoms with Crippen molar-refractivity contribution in [2.45, 2.75) is 20.0 Å². The molecule has 0 aliphatic rings. The number of halogens is 1. The molecule has 1 atom stereocenters. The molecule has 0 aliphatic heterocycles.